The van der Waals surface area contributed by atoms with Crippen LogP contribution in [0.25, 0.3) is 0 Å². The number of rotatable bonds is 2. The molecule has 5 heteroatoms. The lowest BCUT2D eigenvalue weighted by Crippen LogP contribution is -2.12. The Morgan fingerprint density at radius 2 is 2.31 bits per heavy atom. The van der Waals surface area contributed by atoms with E-state index in [0.29, 0.717) is 10.6 Å². The molecule has 13 heavy (non-hydrogen) atoms. The van der Waals surface area contributed by atoms with Gasteiger partial charge in [-0.3, -0.25) is 0 Å². The maximum atomic E-state index is 8.42. The molecule has 0 heterocycles. The summed E-state index contributed by atoms with van der Waals surface area (Å²) in [6.45, 7) is 0. The summed E-state index contributed by atoms with van der Waals surface area (Å²) in [5.74, 6) is 0.0644. The lowest BCUT2D eigenvalue weighted by atomic mass is 10.2. The van der Waals surface area contributed by atoms with Crippen molar-refractivity contribution in [1.29, 1.82) is 0 Å². The van der Waals surface area contributed by atoms with Crippen LogP contribution in [0.4, 0.5) is 0 Å². The quantitative estimate of drug-likeness (QED) is 0.262. The Bertz CT molecular complexity index is 341. The Morgan fingerprint density at radius 3 is 2.77 bits per heavy atom. The van der Waals surface area contributed by atoms with Crippen LogP contribution in [0.2, 0.25) is 5.02 Å². The standard InChI is InChI=1S/C8H9ClN2OS/c1-13-7-3-2-5(4-6(7)9)8(10)11-12/h2-4,12H,1H3,(H2,10,11). The van der Waals surface area contributed by atoms with E-state index in [1.54, 1.807) is 23.9 Å². The van der Waals surface area contributed by atoms with Gasteiger partial charge in [0.15, 0.2) is 5.84 Å². The Kier molecular flexibility index (Phi) is 3.45. The molecule has 0 aliphatic heterocycles. The molecule has 0 radical (unpaired) electrons. The first-order chi connectivity index (χ1) is 6.19. The van der Waals surface area contributed by atoms with Crippen molar-refractivity contribution in [1.82, 2.24) is 0 Å². The van der Waals surface area contributed by atoms with Gasteiger partial charge in [0.2, 0.25) is 0 Å². The third kappa shape index (κ3) is 2.29. The van der Waals surface area contributed by atoms with Gasteiger partial charge in [-0.2, -0.15) is 0 Å². The summed E-state index contributed by atoms with van der Waals surface area (Å²) < 4.78 is 0. The molecule has 1 rings (SSSR count). The van der Waals surface area contributed by atoms with Crippen molar-refractivity contribution in [2.75, 3.05) is 6.26 Å². The molecular formula is C8H9ClN2OS. The fraction of sp³-hybridized carbons (Fsp3) is 0.125. The van der Waals surface area contributed by atoms with Gasteiger partial charge in [-0.25, -0.2) is 0 Å². The number of halogens is 1. The summed E-state index contributed by atoms with van der Waals surface area (Å²) in [4.78, 5) is 0.969. The molecule has 70 valence electrons. The minimum absolute atomic E-state index is 0.0644. The van der Waals surface area contributed by atoms with Crippen molar-refractivity contribution in [3.05, 3.63) is 28.8 Å². The molecule has 0 aromatic heterocycles. The van der Waals surface area contributed by atoms with Gasteiger partial charge in [0, 0.05) is 10.5 Å². The molecule has 0 unspecified atom stereocenters. The molecule has 0 bridgehead atoms. The molecular weight excluding hydrogens is 208 g/mol. The Balaban J connectivity index is 3.10. The van der Waals surface area contributed by atoms with Crippen molar-refractivity contribution < 1.29 is 5.21 Å². The van der Waals surface area contributed by atoms with E-state index in [-0.39, 0.29) is 5.84 Å². The van der Waals surface area contributed by atoms with E-state index in [2.05, 4.69) is 5.16 Å². The van der Waals surface area contributed by atoms with Gasteiger partial charge in [-0.15, -0.1) is 11.8 Å². The van der Waals surface area contributed by atoms with E-state index in [0.717, 1.165) is 4.90 Å². The molecule has 1 aromatic carbocycles. The van der Waals surface area contributed by atoms with E-state index >= 15 is 0 Å². The Morgan fingerprint density at radius 1 is 1.62 bits per heavy atom. The second kappa shape index (κ2) is 4.39. The topological polar surface area (TPSA) is 58.6 Å². The van der Waals surface area contributed by atoms with Crippen molar-refractivity contribution >= 4 is 29.2 Å². The van der Waals surface area contributed by atoms with E-state index < -0.39 is 0 Å². The Hall–Kier alpha value is -0.870. The van der Waals surface area contributed by atoms with Crippen molar-refractivity contribution in [2.45, 2.75) is 4.90 Å². The van der Waals surface area contributed by atoms with Gasteiger partial charge in [0.25, 0.3) is 0 Å². The summed E-state index contributed by atoms with van der Waals surface area (Å²) in [7, 11) is 0. The van der Waals surface area contributed by atoms with Crippen LogP contribution < -0.4 is 5.73 Å². The van der Waals surface area contributed by atoms with Crippen LogP contribution in [-0.2, 0) is 0 Å². The molecule has 0 atom stereocenters. The minimum Gasteiger partial charge on any atom is -0.409 e. The molecule has 0 saturated carbocycles. The highest BCUT2D eigenvalue weighted by atomic mass is 35.5. The second-order valence-electron chi connectivity index (χ2n) is 2.33. The van der Waals surface area contributed by atoms with Crippen molar-refractivity contribution in [3.8, 4) is 0 Å². The lowest BCUT2D eigenvalue weighted by Gasteiger charge is -2.02. The van der Waals surface area contributed by atoms with E-state index in [4.69, 9.17) is 22.5 Å². The number of hydrogen-bond donors (Lipinski definition) is 2. The highest BCUT2D eigenvalue weighted by molar-refractivity contribution is 7.98. The highest BCUT2D eigenvalue weighted by Gasteiger charge is 2.03. The fourth-order valence-corrected chi connectivity index (χ4v) is 1.75. The number of nitrogens with two attached hydrogens (primary N) is 1. The van der Waals surface area contributed by atoms with Gasteiger partial charge in [-0.05, 0) is 24.5 Å². The number of hydrogen-bond acceptors (Lipinski definition) is 3. The molecule has 0 spiro atoms. The van der Waals surface area contributed by atoms with Gasteiger partial charge in [0.05, 0.1) is 5.02 Å². The molecule has 1 aromatic rings. The zero-order valence-corrected chi connectivity index (χ0v) is 8.56. The SMILES string of the molecule is CSc1ccc(/C(N)=N/O)cc1Cl. The van der Waals surface area contributed by atoms with Crippen LogP contribution in [0.5, 0.6) is 0 Å². The summed E-state index contributed by atoms with van der Waals surface area (Å²) in [6.07, 6.45) is 1.93. The zero-order valence-electron chi connectivity index (χ0n) is 6.99. The van der Waals surface area contributed by atoms with Crippen LogP contribution in [-0.4, -0.2) is 17.3 Å². The molecule has 0 saturated heterocycles. The maximum absolute atomic E-state index is 8.42. The molecule has 0 aliphatic carbocycles. The molecule has 0 fully saturated rings. The van der Waals surface area contributed by atoms with E-state index in [1.807, 2.05) is 12.3 Å². The normalized spacial score (nSPS) is 11.7. The Labute approximate surface area is 85.6 Å². The highest BCUT2D eigenvalue weighted by Crippen LogP contribution is 2.25. The summed E-state index contributed by atoms with van der Waals surface area (Å²) in [5.41, 5.74) is 6.01. The average molecular weight is 217 g/mol. The predicted octanol–water partition coefficient (Wildman–Crippen LogP) is 2.16. The largest absolute Gasteiger partial charge is 0.409 e. The molecule has 3 nitrogen and oxygen atoms in total. The number of amidine groups is 1. The van der Waals surface area contributed by atoms with Crippen LogP contribution in [0.1, 0.15) is 5.56 Å². The minimum atomic E-state index is 0.0644. The van der Waals surface area contributed by atoms with Crippen LogP contribution >= 0.6 is 23.4 Å². The van der Waals surface area contributed by atoms with Gasteiger partial charge < -0.3 is 10.9 Å². The van der Waals surface area contributed by atoms with Crippen LogP contribution in [0, 0.1) is 0 Å². The van der Waals surface area contributed by atoms with Crippen LogP contribution in [0.3, 0.4) is 0 Å². The number of benzene rings is 1. The van der Waals surface area contributed by atoms with Crippen LogP contribution in [0.15, 0.2) is 28.3 Å². The fourth-order valence-electron chi connectivity index (χ4n) is 0.883. The first kappa shape index (κ1) is 10.2. The number of thioether (sulfide) groups is 1. The summed E-state index contributed by atoms with van der Waals surface area (Å²) in [5, 5.41) is 11.9. The molecule has 0 amide bonds. The van der Waals surface area contributed by atoms with Gasteiger partial charge >= 0.3 is 0 Å². The van der Waals surface area contributed by atoms with Gasteiger partial charge in [-0.1, -0.05) is 16.8 Å². The zero-order chi connectivity index (χ0) is 9.84. The number of nitrogens with zero attached hydrogens (tertiary/aromatic N) is 1. The second-order valence-corrected chi connectivity index (χ2v) is 3.59. The monoisotopic (exact) mass is 216 g/mol. The third-order valence-corrected chi connectivity index (χ3v) is 2.78. The maximum Gasteiger partial charge on any atom is 0.170 e. The van der Waals surface area contributed by atoms with E-state index in [1.165, 1.54) is 0 Å². The summed E-state index contributed by atoms with van der Waals surface area (Å²) in [6, 6.07) is 5.26. The third-order valence-electron chi connectivity index (χ3n) is 1.56. The first-order valence-corrected chi connectivity index (χ1v) is 5.10. The first-order valence-electron chi connectivity index (χ1n) is 3.50. The number of oxime groups is 1. The van der Waals surface area contributed by atoms with Gasteiger partial charge in [0.1, 0.15) is 0 Å². The summed E-state index contributed by atoms with van der Waals surface area (Å²) >= 11 is 7.47. The van der Waals surface area contributed by atoms with Crippen molar-refractivity contribution in [3.63, 3.8) is 0 Å². The predicted molar refractivity (Wildman–Crippen MR) is 55.7 cm³/mol. The smallest absolute Gasteiger partial charge is 0.170 e. The average Bonchev–Trinajstić information content (AvgIpc) is 2.16. The van der Waals surface area contributed by atoms with E-state index in [9.17, 15) is 0 Å². The molecule has 3 N–H and O–H groups in total. The lowest BCUT2D eigenvalue weighted by molar-refractivity contribution is 0.318. The van der Waals surface area contributed by atoms with Crippen molar-refractivity contribution in [2.24, 2.45) is 10.9 Å². The molecule has 0 aliphatic rings.